The summed E-state index contributed by atoms with van der Waals surface area (Å²) in [5.41, 5.74) is 5.68. The third-order valence-corrected chi connectivity index (χ3v) is 2.93. The quantitative estimate of drug-likeness (QED) is 0.596. The van der Waals surface area contributed by atoms with Gasteiger partial charge in [0.05, 0.1) is 0 Å². The Kier molecular flexibility index (Phi) is 9.46. The molecule has 5 heteroatoms. The van der Waals surface area contributed by atoms with Crippen LogP contribution < -0.4 is 11.1 Å². The second kappa shape index (κ2) is 9.62. The van der Waals surface area contributed by atoms with Crippen LogP contribution in [0.2, 0.25) is 0 Å². The fraction of sp³-hybridized carbons (Fsp3) is 1.00. The molecule has 0 rings (SSSR count). The van der Waals surface area contributed by atoms with Gasteiger partial charge in [-0.1, -0.05) is 13.8 Å². The number of unbranched alkanes of at least 4 members (excludes halogenated alkanes) is 1. The van der Waals surface area contributed by atoms with Crippen LogP contribution in [0, 0.1) is 11.8 Å². The number of nitrogens with one attached hydrogen (secondary N) is 1. The van der Waals surface area contributed by atoms with Crippen LogP contribution in [0.4, 0.5) is 13.2 Å². The molecule has 0 bridgehead atoms. The van der Waals surface area contributed by atoms with E-state index in [0.717, 1.165) is 19.4 Å². The van der Waals surface area contributed by atoms with Gasteiger partial charge in [0.1, 0.15) is 0 Å². The van der Waals surface area contributed by atoms with Gasteiger partial charge in [0.15, 0.2) is 0 Å². The molecule has 0 aliphatic heterocycles. The number of nitrogens with two attached hydrogens (primary N) is 1. The van der Waals surface area contributed by atoms with Gasteiger partial charge in [0.2, 0.25) is 0 Å². The topological polar surface area (TPSA) is 38.0 Å². The number of hydrogen-bond donors (Lipinski definition) is 2. The predicted octanol–water partition coefficient (Wildman–Crippen LogP) is 3.32. The SMILES string of the molecule is CC(C)CC(CN)CCNCCCCC(F)(F)F. The molecule has 0 heterocycles. The molecule has 0 aromatic carbocycles. The lowest BCUT2D eigenvalue weighted by Gasteiger charge is -2.17. The van der Waals surface area contributed by atoms with Crippen LogP contribution in [-0.2, 0) is 0 Å². The molecule has 0 fully saturated rings. The van der Waals surface area contributed by atoms with Gasteiger partial charge in [-0.05, 0) is 57.2 Å². The van der Waals surface area contributed by atoms with Crippen LogP contribution in [-0.4, -0.2) is 25.8 Å². The summed E-state index contributed by atoms with van der Waals surface area (Å²) >= 11 is 0. The van der Waals surface area contributed by atoms with E-state index >= 15 is 0 Å². The Balaban J connectivity index is 3.38. The zero-order chi connectivity index (χ0) is 14.0. The van der Waals surface area contributed by atoms with Crippen molar-refractivity contribution < 1.29 is 13.2 Å². The zero-order valence-corrected chi connectivity index (χ0v) is 11.5. The van der Waals surface area contributed by atoms with Crippen molar-refractivity contribution in [2.24, 2.45) is 17.6 Å². The maximum atomic E-state index is 11.9. The Morgan fingerprint density at radius 1 is 1.11 bits per heavy atom. The van der Waals surface area contributed by atoms with Crippen LogP contribution in [0.5, 0.6) is 0 Å². The molecule has 0 aliphatic carbocycles. The Morgan fingerprint density at radius 3 is 2.28 bits per heavy atom. The molecule has 110 valence electrons. The Hall–Kier alpha value is -0.290. The van der Waals surface area contributed by atoms with E-state index in [2.05, 4.69) is 19.2 Å². The van der Waals surface area contributed by atoms with Crippen LogP contribution in [0.3, 0.4) is 0 Å². The largest absolute Gasteiger partial charge is 0.389 e. The van der Waals surface area contributed by atoms with E-state index in [1.54, 1.807) is 0 Å². The highest BCUT2D eigenvalue weighted by Gasteiger charge is 2.25. The zero-order valence-electron chi connectivity index (χ0n) is 11.5. The van der Waals surface area contributed by atoms with Crippen molar-refractivity contribution in [3.8, 4) is 0 Å². The van der Waals surface area contributed by atoms with E-state index in [4.69, 9.17) is 5.73 Å². The highest BCUT2D eigenvalue weighted by Crippen LogP contribution is 2.21. The number of rotatable bonds is 10. The van der Waals surface area contributed by atoms with Gasteiger partial charge < -0.3 is 11.1 Å². The minimum Gasteiger partial charge on any atom is -0.330 e. The second-order valence-corrected chi connectivity index (χ2v) is 5.34. The van der Waals surface area contributed by atoms with Crippen LogP contribution in [0.25, 0.3) is 0 Å². The molecule has 1 unspecified atom stereocenters. The van der Waals surface area contributed by atoms with Crippen molar-refractivity contribution in [3.63, 3.8) is 0 Å². The van der Waals surface area contributed by atoms with Crippen LogP contribution in [0.15, 0.2) is 0 Å². The van der Waals surface area contributed by atoms with Crippen molar-refractivity contribution in [2.75, 3.05) is 19.6 Å². The van der Waals surface area contributed by atoms with Crippen molar-refractivity contribution >= 4 is 0 Å². The minimum atomic E-state index is -4.01. The molecule has 1 atom stereocenters. The van der Waals surface area contributed by atoms with E-state index in [0.29, 0.717) is 31.3 Å². The summed E-state index contributed by atoms with van der Waals surface area (Å²) in [6, 6.07) is 0. The second-order valence-electron chi connectivity index (χ2n) is 5.34. The van der Waals surface area contributed by atoms with E-state index in [1.165, 1.54) is 0 Å². The molecule has 0 saturated carbocycles. The molecule has 0 radical (unpaired) electrons. The first-order valence-electron chi connectivity index (χ1n) is 6.82. The summed E-state index contributed by atoms with van der Waals surface area (Å²) in [5.74, 6) is 1.16. The predicted molar refractivity (Wildman–Crippen MR) is 69.4 cm³/mol. The van der Waals surface area contributed by atoms with Crippen LogP contribution in [0.1, 0.15) is 46.0 Å². The standard InChI is InChI=1S/C13H27F3N2/c1-11(2)9-12(10-17)5-8-18-7-4-3-6-13(14,15)16/h11-12,18H,3-10,17H2,1-2H3. The highest BCUT2D eigenvalue weighted by atomic mass is 19.4. The minimum absolute atomic E-state index is 0.211. The first-order chi connectivity index (χ1) is 8.35. The van der Waals surface area contributed by atoms with E-state index in [9.17, 15) is 13.2 Å². The fourth-order valence-corrected chi connectivity index (χ4v) is 2.01. The molecule has 18 heavy (non-hydrogen) atoms. The number of halogens is 3. The average Bonchev–Trinajstić information content (AvgIpc) is 2.24. The van der Waals surface area contributed by atoms with E-state index < -0.39 is 12.6 Å². The summed E-state index contributed by atoms with van der Waals surface area (Å²) in [5, 5.41) is 3.19. The summed E-state index contributed by atoms with van der Waals surface area (Å²) < 4.78 is 35.6. The molecule has 0 spiro atoms. The van der Waals surface area contributed by atoms with Gasteiger partial charge in [-0.2, -0.15) is 13.2 Å². The molecule has 0 amide bonds. The molecule has 0 aromatic heterocycles. The number of alkyl halides is 3. The van der Waals surface area contributed by atoms with Gasteiger partial charge in [-0.15, -0.1) is 0 Å². The third kappa shape index (κ3) is 12.2. The maximum absolute atomic E-state index is 11.9. The smallest absolute Gasteiger partial charge is 0.330 e. The summed E-state index contributed by atoms with van der Waals surface area (Å²) in [6.45, 7) is 6.55. The first-order valence-corrected chi connectivity index (χ1v) is 6.82. The Morgan fingerprint density at radius 2 is 1.78 bits per heavy atom. The average molecular weight is 268 g/mol. The molecule has 3 N–H and O–H groups in total. The van der Waals surface area contributed by atoms with Crippen molar-refractivity contribution in [1.29, 1.82) is 0 Å². The van der Waals surface area contributed by atoms with Gasteiger partial charge in [-0.25, -0.2) is 0 Å². The first kappa shape index (κ1) is 17.7. The summed E-state index contributed by atoms with van der Waals surface area (Å²) in [7, 11) is 0. The molecular formula is C13H27F3N2. The summed E-state index contributed by atoms with van der Waals surface area (Å²) in [6.07, 6.45) is -1.77. The molecule has 0 aliphatic rings. The lowest BCUT2D eigenvalue weighted by atomic mass is 9.94. The van der Waals surface area contributed by atoms with Crippen molar-refractivity contribution in [2.45, 2.75) is 52.1 Å². The van der Waals surface area contributed by atoms with E-state index in [1.807, 2.05) is 0 Å². The molecule has 2 nitrogen and oxygen atoms in total. The molecule has 0 aromatic rings. The Labute approximate surface area is 109 Å². The van der Waals surface area contributed by atoms with Gasteiger partial charge in [-0.3, -0.25) is 0 Å². The Bertz CT molecular complexity index is 193. The normalized spacial score (nSPS) is 14.2. The van der Waals surface area contributed by atoms with Gasteiger partial charge in [0.25, 0.3) is 0 Å². The third-order valence-electron chi connectivity index (χ3n) is 2.93. The van der Waals surface area contributed by atoms with E-state index in [-0.39, 0.29) is 6.42 Å². The molecular weight excluding hydrogens is 241 g/mol. The van der Waals surface area contributed by atoms with Crippen molar-refractivity contribution in [3.05, 3.63) is 0 Å². The molecule has 0 saturated heterocycles. The maximum Gasteiger partial charge on any atom is 0.389 e. The highest BCUT2D eigenvalue weighted by molar-refractivity contribution is 4.64. The fourth-order valence-electron chi connectivity index (χ4n) is 2.01. The van der Waals surface area contributed by atoms with Crippen molar-refractivity contribution in [1.82, 2.24) is 5.32 Å². The monoisotopic (exact) mass is 268 g/mol. The summed E-state index contributed by atoms with van der Waals surface area (Å²) in [4.78, 5) is 0. The van der Waals surface area contributed by atoms with Crippen LogP contribution >= 0.6 is 0 Å². The van der Waals surface area contributed by atoms with Gasteiger partial charge in [0, 0.05) is 6.42 Å². The lowest BCUT2D eigenvalue weighted by Crippen LogP contribution is -2.24. The number of hydrogen-bond acceptors (Lipinski definition) is 2. The lowest BCUT2D eigenvalue weighted by molar-refractivity contribution is -0.135. The van der Waals surface area contributed by atoms with Gasteiger partial charge >= 0.3 is 6.18 Å².